The maximum atomic E-state index is 12.6. The number of nitrogens with zero attached hydrogens (tertiary/aromatic N) is 4. The van der Waals surface area contributed by atoms with Gasteiger partial charge in [-0.1, -0.05) is 12.1 Å². The van der Waals surface area contributed by atoms with Crippen LogP contribution < -0.4 is 15.8 Å². The van der Waals surface area contributed by atoms with Crippen LogP contribution in [-0.2, 0) is 6.54 Å². The van der Waals surface area contributed by atoms with Gasteiger partial charge >= 0.3 is 0 Å². The Labute approximate surface area is 156 Å². The van der Waals surface area contributed by atoms with Gasteiger partial charge in [-0.3, -0.25) is 14.0 Å². The Bertz CT molecular complexity index is 1040. The van der Waals surface area contributed by atoms with Gasteiger partial charge in [-0.2, -0.15) is 0 Å². The summed E-state index contributed by atoms with van der Waals surface area (Å²) in [5, 5.41) is 2.78. The van der Waals surface area contributed by atoms with E-state index in [-0.39, 0.29) is 11.1 Å². The molecule has 4 rings (SSSR count). The minimum absolute atomic E-state index is 0.0275. The molecule has 1 amide bonds. The van der Waals surface area contributed by atoms with Crippen LogP contribution in [0.5, 0.6) is 0 Å². The highest BCUT2D eigenvalue weighted by Gasteiger charge is 2.15. The van der Waals surface area contributed by atoms with Crippen LogP contribution in [0.3, 0.4) is 0 Å². The highest BCUT2D eigenvalue weighted by Crippen LogP contribution is 2.17. The topological polar surface area (TPSA) is 79.6 Å². The van der Waals surface area contributed by atoms with Gasteiger partial charge in [0.2, 0.25) is 0 Å². The predicted octanol–water partition coefficient (Wildman–Crippen LogP) is 1.93. The Morgan fingerprint density at radius 3 is 2.67 bits per heavy atom. The van der Waals surface area contributed by atoms with Crippen molar-refractivity contribution in [3.05, 3.63) is 69.9 Å². The molecule has 7 nitrogen and oxygen atoms in total. The molecule has 1 saturated heterocycles. The number of anilines is 1. The van der Waals surface area contributed by atoms with Crippen molar-refractivity contribution in [3.63, 3.8) is 0 Å². The normalized spacial score (nSPS) is 13.9. The maximum Gasteiger partial charge on any atom is 0.270 e. The van der Waals surface area contributed by atoms with Crippen molar-refractivity contribution in [2.45, 2.75) is 26.3 Å². The van der Waals surface area contributed by atoms with Crippen LogP contribution in [-0.4, -0.2) is 33.4 Å². The molecule has 1 aliphatic rings. The summed E-state index contributed by atoms with van der Waals surface area (Å²) < 4.78 is 1.40. The number of hydrogen-bond acceptors (Lipinski definition) is 5. The molecule has 1 N–H and O–H groups in total. The molecule has 27 heavy (non-hydrogen) atoms. The molecule has 0 unspecified atom stereocenters. The van der Waals surface area contributed by atoms with E-state index in [1.54, 1.807) is 18.5 Å². The molecule has 0 aliphatic carbocycles. The fraction of sp³-hybridized carbons (Fsp3) is 0.300. The molecule has 0 bridgehead atoms. The molecule has 0 radical (unpaired) electrons. The summed E-state index contributed by atoms with van der Waals surface area (Å²) in [7, 11) is 0. The monoisotopic (exact) mass is 363 g/mol. The lowest BCUT2D eigenvalue weighted by molar-refractivity contribution is 0.0949. The van der Waals surface area contributed by atoms with Crippen LogP contribution in [0.1, 0.15) is 34.3 Å². The fourth-order valence-corrected chi connectivity index (χ4v) is 3.27. The molecule has 0 aromatic carbocycles. The van der Waals surface area contributed by atoms with Crippen LogP contribution in [0.2, 0.25) is 0 Å². The summed E-state index contributed by atoms with van der Waals surface area (Å²) in [5.41, 5.74) is 1.98. The lowest BCUT2D eigenvalue weighted by Gasteiger charge is -2.16. The standard InChI is InChI=1S/C20H21N5O2/c1-14-4-6-18-22-12-16(20(27)25(18)13-14)19(26)23-11-15-5-7-17(21-10-15)24-8-2-3-9-24/h4-7,10,12-13H,2-3,8-9,11H2,1H3,(H,23,26). The lowest BCUT2D eigenvalue weighted by atomic mass is 10.2. The average molecular weight is 363 g/mol. The minimum atomic E-state index is -0.438. The van der Waals surface area contributed by atoms with Gasteiger partial charge in [-0.15, -0.1) is 0 Å². The molecule has 1 fully saturated rings. The number of nitrogens with one attached hydrogen (secondary N) is 1. The molecule has 1 aliphatic heterocycles. The number of aromatic nitrogens is 3. The van der Waals surface area contributed by atoms with Crippen LogP contribution in [0.4, 0.5) is 5.82 Å². The van der Waals surface area contributed by atoms with Gasteiger partial charge < -0.3 is 10.2 Å². The van der Waals surface area contributed by atoms with E-state index < -0.39 is 5.91 Å². The van der Waals surface area contributed by atoms with Crippen molar-refractivity contribution in [2.75, 3.05) is 18.0 Å². The average Bonchev–Trinajstić information content (AvgIpc) is 3.22. The summed E-state index contributed by atoms with van der Waals surface area (Å²) in [4.78, 5) is 36.0. The van der Waals surface area contributed by atoms with E-state index in [9.17, 15) is 9.59 Å². The molecular formula is C20H21N5O2. The van der Waals surface area contributed by atoms with Crippen molar-refractivity contribution in [1.29, 1.82) is 0 Å². The van der Waals surface area contributed by atoms with Crippen LogP contribution in [0.25, 0.3) is 5.65 Å². The molecular weight excluding hydrogens is 342 g/mol. The van der Waals surface area contributed by atoms with Crippen LogP contribution >= 0.6 is 0 Å². The second-order valence-corrected chi connectivity index (χ2v) is 6.81. The quantitative estimate of drug-likeness (QED) is 0.766. The third kappa shape index (κ3) is 3.53. The molecule has 0 atom stereocenters. The van der Waals surface area contributed by atoms with Crippen molar-refractivity contribution in [1.82, 2.24) is 19.7 Å². The van der Waals surface area contributed by atoms with Gasteiger partial charge in [-0.05, 0) is 43.0 Å². The Kier molecular flexibility index (Phi) is 4.58. The summed E-state index contributed by atoms with van der Waals surface area (Å²) >= 11 is 0. The van der Waals surface area contributed by atoms with E-state index in [2.05, 4.69) is 20.2 Å². The molecule has 4 heterocycles. The first-order valence-electron chi connectivity index (χ1n) is 9.08. The number of rotatable bonds is 4. The Hall–Kier alpha value is -3.22. The first kappa shape index (κ1) is 17.2. The molecule has 0 spiro atoms. The van der Waals surface area contributed by atoms with Crippen molar-refractivity contribution < 1.29 is 4.79 Å². The number of carbonyl (C=O) groups is 1. The predicted molar refractivity (Wildman–Crippen MR) is 103 cm³/mol. The smallest absolute Gasteiger partial charge is 0.270 e. The lowest BCUT2D eigenvalue weighted by Crippen LogP contribution is -2.31. The first-order valence-corrected chi connectivity index (χ1v) is 9.08. The zero-order valence-corrected chi connectivity index (χ0v) is 15.2. The minimum Gasteiger partial charge on any atom is -0.357 e. The molecule has 7 heteroatoms. The molecule has 138 valence electrons. The van der Waals surface area contributed by atoms with Gasteiger partial charge in [0.1, 0.15) is 17.0 Å². The van der Waals surface area contributed by atoms with E-state index in [0.717, 1.165) is 30.0 Å². The Balaban J connectivity index is 1.47. The maximum absolute atomic E-state index is 12.6. The third-order valence-corrected chi connectivity index (χ3v) is 4.79. The summed E-state index contributed by atoms with van der Waals surface area (Å²) in [5.74, 6) is 0.530. The van der Waals surface area contributed by atoms with Gasteiger partial charge in [-0.25, -0.2) is 9.97 Å². The number of aryl methyl sites for hydroxylation is 1. The second-order valence-electron chi connectivity index (χ2n) is 6.81. The van der Waals surface area contributed by atoms with Crippen molar-refractivity contribution in [2.24, 2.45) is 0 Å². The second kappa shape index (κ2) is 7.19. The summed E-state index contributed by atoms with van der Waals surface area (Å²) in [6.07, 6.45) is 7.19. The van der Waals surface area contributed by atoms with Gasteiger partial charge in [0.15, 0.2) is 0 Å². The highest BCUT2D eigenvalue weighted by atomic mass is 16.2. The van der Waals surface area contributed by atoms with E-state index in [1.807, 2.05) is 25.1 Å². The van der Waals surface area contributed by atoms with Crippen molar-refractivity contribution >= 4 is 17.4 Å². The SMILES string of the molecule is Cc1ccc2ncc(C(=O)NCc3ccc(N4CCCC4)nc3)c(=O)n2c1. The molecule has 3 aromatic heterocycles. The number of pyridine rings is 2. The largest absolute Gasteiger partial charge is 0.357 e. The zero-order valence-electron chi connectivity index (χ0n) is 15.2. The van der Waals surface area contributed by atoms with E-state index in [4.69, 9.17) is 0 Å². The Morgan fingerprint density at radius 2 is 1.93 bits per heavy atom. The Morgan fingerprint density at radius 1 is 1.11 bits per heavy atom. The number of hydrogen-bond donors (Lipinski definition) is 1. The van der Waals surface area contributed by atoms with Gasteiger partial charge in [0.05, 0.1) is 0 Å². The van der Waals surface area contributed by atoms with E-state index in [1.165, 1.54) is 23.4 Å². The zero-order chi connectivity index (χ0) is 18.8. The van der Waals surface area contributed by atoms with Crippen LogP contribution in [0.15, 0.2) is 47.7 Å². The first-order chi connectivity index (χ1) is 13.1. The summed E-state index contributed by atoms with van der Waals surface area (Å²) in [6.45, 7) is 4.28. The van der Waals surface area contributed by atoms with Gasteiger partial charge in [0, 0.05) is 38.2 Å². The van der Waals surface area contributed by atoms with Crippen LogP contribution in [0, 0.1) is 6.92 Å². The molecule has 0 saturated carbocycles. The summed E-state index contributed by atoms with van der Waals surface area (Å²) in [6, 6.07) is 7.56. The fourth-order valence-electron chi connectivity index (χ4n) is 3.27. The number of amides is 1. The van der Waals surface area contributed by atoms with Crippen molar-refractivity contribution in [3.8, 4) is 0 Å². The van der Waals surface area contributed by atoms with E-state index in [0.29, 0.717) is 12.2 Å². The third-order valence-electron chi connectivity index (χ3n) is 4.79. The number of carbonyl (C=O) groups excluding carboxylic acids is 1. The number of fused-ring (bicyclic) bond motifs is 1. The van der Waals surface area contributed by atoms with E-state index >= 15 is 0 Å². The highest BCUT2D eigenvalue weighted by molar-refractivity contribution is 5.93. The molecule has 3 aromatic rings. The van der Waals surface area contributed by atoms with Gasteiger partial charge in [0.25, 0.3) is 11.5 Å².